The van der Waals surface area contributed by atoms with E-state index in [1.807, 2.05) is 26.0 Å². The Morgan fingerprint density at radius 3 is 1.92 bits per heavy atom. The summed E-state index contributed by atoms with van der Waals surface area (Å²) in [5.41, 5.74) is 1.92. The van der Waals surface area contributed by atoms with E-state index in [0.717, 1.165) is 12.0 Å². The molecule has 1 fully saturated rings. The molecule has 3 rings (SSSR count). The Labute approximate surface area is 142 Å². The minimum atomic E-state index is -1.41. The van der Waals surface area contributed by atoms with Crippen LogP contribution in [0.5, 0.6) is 0 Å². The Bertz CT molecular complexity index is 654. The van der Waals surface area contributed by atoms with Crippen LogP contribution in [0.4, 0.5) is 13.2 Å². The van der Waals surface area contributed by atoms with Crippen molar-refractivity contribution in [1.29, 1.82) is 0 Å². The molecular formula is C21H25F3. The average molecular weight is 334 g/mol. The second-order valence-corrected chi connectivity index (χ2v) is 6.30. The van der Waals surface area contributed by atoms with Gasteiger partial charge in [-0.3, -0.25) is 0 Å². The van der Waals surface area contributed by atoms with Gasteiger partial charge in [-0.2, -0.15) is 0 Å². The van der Waals surface area contributed by atoms with E-state index in [-0.39, 0.29) is 5.56 Å². The summed E-state index contributed by atoms with van der Waals surface area (Å²) in [6.07, 6.45) is 4.84. The highest BCUT2D eigenvalue weighted by Gasteiger charge is 2.20. The van der Waals surface area contributed by atoms with Crippen molar-refractivity contribution in [3.63, 3.8) is 0 Å². The number of benzene rings is 2. The monoisotopic (exact) mass is 334 g/mol. The van der Waals surface area contributed by atoms with Crippen LogP contribution in [0, 0.1) is 23.4 Å². The van der Waals surface area contributed by atoms with Crippen LogP contribution in [-0.2, 0) is 0 Å². The Morgan fingerprint density at radius 1 is 0.750 bits per heavy atom. The molecule has 1 saturated carbocycles. The standard InChI is InChI=1S/C19H19F3.C2H6/c1-12-2-4-13(5-3-12)14-6-8-15(9-7-14)16-10-11-17(20)19(22)18(16)21;1-2/h6-13H,2-5H2,1H3;1-2H3. The maximum atomic E-state index is 13.8. The van der Waals surface area contributed by atoms with Gasteiger partial charge in [-0.1, -0.05) is 57.9 Å². The summed E-state index contributed by atoms with van der Waals surface area (Å²) < 4.78 is 40.2. The molecule has 0 aromatic heterocycles. The summed E-state index contributed by atoms with van der Waals surface area (Å²) in [4.78, 5) is 0. The van der Waals surface area contributed by atoms with Gasteiger partial charge < -0.3 is 0 Å². The first-order chi connectivity index (χ1) is 11.6. The third kappa shape index (κ3) is 4.00. The largest absolute Gasteiger partial charge is 0.204 e. The highest BCUT2D eigenvalue weighted by atomic mass is 19.2. The van der Waals surface area contributed by atoms with E-state index in [0.29, 0.717) is 11.5 Å². The van der Waals surface area contributed by atoms with Crippen molar-refractivity contribution in [1.82, 2.24) is 0 Å². The van der Waals surface area contributed by atoms with Crippen LogP contribution in [0.3, 0.4) is 0 Å². The van der Waals surface area contributed by atoms with Gasteiger partial charge in [0.2, 0.25) is 0 Å². The predicted octanol–water partition coefficient (Wildman–Crippen LogP) is 7.09. The second-order valence-electron chi connectivity index (χ2n) is 6.30. The minimum absolute atomic E-state index is 0.0997. The summed E-state index contributed by atoms with van der Waals surface area (Å²) in [5.74, 6) is -2.34. The third-order valence-corrected chi connectivity index (χ3v) is 4.74. The first-order valence-corrected chi connectivity index (χ1v) is 8.80. The molecule has 1 aliphatic rings. The molecule has 0 radical (unpaired) electrons. The van der Waals surface area contributed by atoms with Crippen molar-refractivity contribution in [2.24, 2.45) is 5.92 Å². The van der Waals surface area contributed by atoms with Crippen molar-refractivity contribution >= 4 is 0 Å². The van der Waals surface area contributed by atoms with Crippen molar-refractivity contribution in [3.8, 4) is 11.1 Å². The molecule has 2 aromatic carbocycles. The summed E-state index contributed by atoms with van der Waals surface area (Å²) in [5, 5.41) is 0. The Balaban J connectivity index is 0.00000100. The van der Waals surface area contributed by atoms with Crippen LogP contribution in [0.25, 0.3) is 11.1 Å². The fourth-order valence-corrected chi connectivity index (χ4v) is 3.28. The highest BCUT2D eigenvalue weighted by molar-refractivity contribution is 5.64. The molecule has 0 N–H and O–H groups in total. The zero-order chi connectivity index (χ0) is 17.7. The van der Waals surface area contributed by atoms with Gasteiger partial charge in [0.15, 0.2) is 17.5 Å². The summed E-state index contributed by atoms with van der Waals surface area (Å²) >= 11 is 0. The topological polar surface area (TPSA) is 0 Å². The van der Waals surface area contributed by atoms with Crippen LogP contribution < -0.4 is 0 Å². The maximum Gasteiger partial charge on any atom is 0.195 e. The van der Waals surface area contributed by atoms with Gasteiger partial charge in [-0.15, -0.1) is 0 Å². The van der Waals surface area contributed by atoms with Crippen LogP contribution in [0.2, 0.25) is 0 Å². The molecule has 0 heterocycles. The molecule has 2 aromatic rings. The van der Waals surface area contributed by atoms with Crippen LogP contribution in [-0.4, -0.2) is 0 Å². The van der Waals surface area contributed by atoms with Gasteiger partial charge in [0.05, 0.1) is 0 Å². The van der Waals surface area contributed by atoms with Gasteiger partial charge in [0, 0.05) is 5.56 Å². The molecule has 0 atom stereocenters. The number of hydrogen-bond donors (Lipinski definition) is 0. The van der Waals surface area contributed by atoms with E-state index >= 15 is 0 Å². The van der Waals surface area contributed by atoms with Gasteiger partial charge in [0.1, 0.15) is 0 Å². The Morgan fingerprint density at radius 2 is 1.33 bits per heavy atom. The molecule has 24 heavy (non-hydrogen) atoms. The van der Waals surface area contributed by atoms with Crippen molar-refractivity contribution in [3.05, 3.63) is 59.4 Å². The minimum Gasteiger partial charge on any atom is -0.204 e. The lowest BCUT2D eigenvalue weighted by molar-refractivity contribution is 0.348. The molecular weight excluding hydrogens is 309 g/mol. The predicted molar refractivity (Wildman–Crippen MR) is 93.5 cm³/mol. The molecule has 0 amide bonds. The lowest BCUT2D eigenvalue weighted by Gasteiger charge is -2.26. The average Bonchev–Trinajstić information content (AvgIpc) is 2.63. The first-order valence-electron chi connectivity index (χ1n) is 8.80. The molecule has 0 saturated heterocycles. The van der Waals surface area contributed by atoms with Crippen molar-refractivity contribution in [2.75, 3.05) is 0 Å². The molecule has 130 valence electrons. The van der Waals surface area contributed by atoms with Crippen LogP contribution in [0.15, 0.2) is 36.4 Å². The van der Waals surface area contributed by atoms with E-state index < -0.39 is 17.5 Å². The van der Waals surface area contributed by atoms with E-state index in [1.54, 1.807) is 12.1 Å². The molecule has 0 bridgehead atoms. The van der Waals surface area contributed by atoms with E-state index in [4.69, 9.17) is 0 Å². The molecule has 0 spiro atoms. The van der Waals surface area contributed by atoms with E-state index in [9.17, 15) is 13.2 Å². The van der Waals surface area contributed by atoms with Crippen LogP contribution in [0.1, 0.15) is 57.9 Å². The second kappa shape index (κ2) is 8.36. The number of halogens is 3. The lowest BCUT2D eigenvalue weighted by Crippen LogP contribution is -2.10. The maximum absolute atomic E-state index is 13.8. The molecule has 1 aliphatic carbocycles. The van der Waals surface area contributed by atoms with E-state index in [2.05, 4.69) is 6.92 Å². The fraction of sp³-hybridized carbons (Fsp3) is 0.429. The molecule has 0 unspecified atom stereocenters. The summed E-state index contributed by atoms with van der Waals surface area (Å²) in [7, 11) is 0. The number of hydrogen-bond acceptors (Lipinski definition) is 0. The summed E-state index contributed by atoms with van der Waals surface area (Å²) in [6.45, 7) is 6.28. The third-order valence-electron chi connectivity index (χ3n) is 4.74. The van der Waals surface area contributed by atoms with Gasteiger partial charge >= 0.3 is 0 Å². The molecule has 0 aliphatic heterocycles. The van der Waals surface area contributed by atoms with E-state index in [1.165, 1.54) is 37.3 Å². The number of rotatable bonds is 2. The Hall–Kier alpha value is -1.77. The first kappa shape index (κ1) is 18.6. The fourth-order valence-electron chi connectivity index (χ4n) is 3.28. The lowest BCUT2D eigenvalue weighted by atomic mass is 9.79. The van der Waals surface area contributed by atoms with Gasteiger partial charge in [-0.05, 0) is 47.9 Å². The summed E-state index contributed by atoms with van der Waals surface area (Å²) in [6, 6.07) is 9.80. The smallest absolute Gasteiger partial charge is 0.195 e. The Kier molecular flexibility index (Phi) is 6.47. The quantitative estimate of drug-likeness (QED) is 0.514. The van der Waals surface area contributed by atoms with Gasteiger partial charge in [0.25, 0.3) is 0 Å². The zero-order valence-corrected chi connectivity index (χ0v) is 14.6. The van der Waals surface area contributed by atoms with Crippen molar-refractivity contribution < 1.29 is 13.2 Å². The van der Waals surface area contributed by atoms with Crippen LogP contribution >= 0.6 is 0 Å². The van der Waals surface area contributed by atoms with Gasteiger partial charge in [-0.25, -0.2) is 13.2 Å². The molecule has 3 heteroatoms. The van der Waals surface area contributed by atoms with Crippen molar-refractivity contribution in [2.45, 2.75) is 52.4 Å². The molecule has 0 nitrogen and oxygen atoms in total. The SMILES string of the molecule is CC.CC1CCC(c2ccc(-c3ccc(F)c(F)c3F)cc2)CC1. The normalized spacial score (nSPS) is 20.2. The zero-order valence-electron chi connectivity index (χ0n) is 14.6. The highest BCUT2D eigenvalue weighted by Crippen LogP contribution is 2.36.